The van der Waals surface area contributed by atoms with Crippen molar-refractivity contribution in [1.82, 2.24) is 0 Å². The van der Waals surface area contributed by atoms with Gasteiger partial charge in [0.25, 0.3) is 5.69 Å². The molecule has 0 aliphatic carbocycles. The smallest absolute Gasteiger partial charge is 0.316 e. The first kappa shape index (κ1) is 19.7. The number of Topliss-reactive ketones (excluding diaryl/α,β-unsaturated/α-hetero) is 1. The van der Waals surface area contributed by atoms with Crippen molar-refractivity contribution in [2.75, 3.05) is 12.4 Å². The van der Waals surface area contributed by atoms with Crippen LogP contribution in [0.2, 0.25) is 0 Å². The Balaban J connectivity index is 1.79. The number of carbonyl (C=O) groups excluding carboxylic acids is 2. The van der Waals surface area contributed by atoms with Crippen LogP contribution in [0.15, 0.2) is 42.5 Å². The Hall–Kier alpha value is -2.67. The summed E-state index contributed by atoms with van der Waals surface area (Å²) in [4.78, 5) is 34.2. The van der Waals surface area contributed by atoms with Crippen LogP contribution in [0.5, 0.6) is 0 Å². The molecule has 7 heteroatoms. The van der Waals surface area contributed by atoms with E-state index >= 15 is 0 Å². The van der Waals surface area contributed by atoms with E-state index in [9.17, 15) is 19.7 Å². The molecule has 0 bridgehead atoms. The Morgan fingerprint density at radius 2 is 1.81 bits per heavy atom. The molecule has 2 rings (SSSR count). The van der Waals surface area contributed by atoms with Gasteiger partial charge < -0.3 is 4.74 Å². The highest BCUT2D eigenvalue weighted by atomic mass is 32.2. The first-order chi connectivity index (χ1) is 12.4. The highest BCUT2D eigenvalue weighted by Crippen LogP contribution is 2.19. The van der Waals surface area contributed by atoms with Crippen LogP contribution in [0, 0.1) is 24.0 Å². The zero-order chi connectivity index (χ0) is 19.1. The number of carbonyl (C=O) groups is 2. The number of thioether (sulfide) groups is 1. The predicted octanol–water partition coefficient (Wildman–Crippen LogP) is 3.87. The SMILES string of the molecule is Cc1ccc(CSCC(=O)OCC(=O)c2ccc(C)c([N+](=O)[O-])c2)cc1. The van der Waals surface area contributed by atoms with Crippen molar-refractivity contribution in [2.24, 2.45) is 0 Å². The lowest BCUT2D eigenvalue weighted by Gasteiger charge is -2.06. The first-order valence-corrected chi connectivity index (χ1v) is 9.09. The predicted molar refractivity (Wildman–Crippen MR) is 100 cm³/mol. The summed E-state index contributed by atoms with van der Waals surface area (Å²) >= 11 is 1.40. The highest BCUT2D eigenvalue weighted by molar-refractivity contribution is 7.99. The van der Waals surface area contributed by atoms with E-state index in [-0.39, 0.29) is 17.0 Å². The molecule has 0 amide bonds. The molecule has 0 N–H and O–H groups in total. The van der Waals surface area contributed by atoms with Gasteiger partial charge in [0, 0.05) is 22.9 Å². The second kappa shape index (κ2) is 9.15. The van der Waals surface area contributed by atoms with Crippen LogP contribution in [0.1, 0.15) is 27.0 Å². The average molecular weight is 373 g/mol. The zero-order valence-corrected chi connectivity index (χ0v) is 15.4. The van der Waals surface area contributed by atoms with E-state index in [1.807, 2.05) is 31.2 Å². The third-order valence-electron chi connectivity index (χ3n) is 3.70. The maximum atomic E-state index is 12.1. The maximum Gasteiger partial charge on any atom is 0.316 e. The maximum absolute atomic E-state index is 12.1. The summed E-state index contributed by atoms with van der Waals surface area (Å²) in [6.45, 7) is 3.18. The number of rotatable bonds is 8. The van der Waals surface area contributed by atoms with Crippen LogP contribution < -0.4 is 0 Å². The first-order valence-electron chi connectivity index (χ1n) is 7.94. The summed E-state index contributed by atoms with van der Waals surface area (Å²) in [5, 5.41) is 10.9. The molecule has 0 spiro atoms. The van der Waals surface area contributed by atoms with Crippen LogP contribution in [-0.4, -0.2) is 29.0 Å². The molecular weight excluding hydrogens is 354 g/mol. The normalized spacial score (nSPS) is 10.4. The lowest BCUT2D eigenvalue weighted by molar-refractivity contribution is -0.385. The molecule has 0 radical (unpaired) electrons. The number of esters is 1. The molecule has 6 nitrogen and oxygen atoms in total. The van der Waals surface area contributed by atoms with Crippen molar-refractivity contribution in [2.45, 2.75) is 19.6 Å². The number of nitrogens with zero attached hydrogens (tertiary/aromatic N) is 1. The van der Waals surface area contributed by atoms with Crippen molar-refractivity contribution >= 4 is 29.2 Å². The lowest BCUT2D eigenvalue weighted by atomic mass is 10.1. The Kier molecular flexibility index (Phi) is 6.91. The van der Waals surface area contributed by atoms with Gasteiger partial charge in [-0.15, -0.1) is 11.8 Å². The van der Waals surface area contributed by atoms with E-state index in [1.54, 1.807) is 6.92 Å². The topological polar surface area (TPSA) is 86.5 Å². The van der Waals surface area contributed by atoms with E-state index in [1.165, 1.54) is 35.5 Å². The van der Waals surface area contributed by atoms with Crippen molar-refractivity contribution in [3.8, 4) is 0 Å². The summed E-state index contributed by atoms with van der Waals surface area (Å²) in [5.74, 6) is -0.148. The standard InChI is InChI=1S/C19H19NO5S/c1-13-3-6-15(7-4-13)11-26-12-19(22)25-10-18(21)16-8-5-14(2)17(9-16)20(23)24/h3-9H,10-12H2,1-2H3. The fraction of sp³-hybridized carbons (Fsp3) is 0.263. The van der Waals surface area contributed by atoms with Crippen LogP contribution in [-0.2, 0) is 15.3 Å². The second-order valence-corrected chi connectivity index (χ2v) is 6.81. The Labute approximate surface area is 155 Å². The summed E-state index contributed by atoms with van der Waals surface area (Å²) in [6.07, 6.45) is 0. The molecule has 2 aromatic rings. The number of ketones is 1. The quantitative estimate of drug-likeness (QED) is 0.302. The van der Waals surface area contributed by atoms with Gasteiger partial charge >= 0.3 is 5.97 Å². The van der Waals surface area contributed by atoms with E-state index < -0.39 is 23.3 Å². The molecule has 0 aromatic heterocycles. The van der Waals surface area contributed by atoms with Crippen molar-refractivity contribution in [3.05, 3.63) is 74.8 Å². The largest absolute Gasteiger partial charge is 0.457 e. The van der Waals surface area contributed by atoms with Crippen LogP contribution in [0.3, 0.4) is 0 Å². The van der Waals surface area contributed by atoms with E-state index in [2.05, 4.69) is 0 Å². The molecule has 0 saturated heterocycles. The number of ether oxygens (including phenoxy) is 1. The van der Waals surface area contributed by atoms with Gasteiger partial charge in [-0.05, 0) is 19.4 Å². The molecule has 0 unspecified atom stereocenters. The number of hydrogen-bond acceptors (Lipinski definition) is 6. The van der Waals surface area contributed by atoms with Gasteiger partial charge in [-0.2, -0.15) is 0 Å². The van der Waals surface area contributed by atoms with Gasteiger partial charge in [0.2, 0.25) is 5.78 Å². The summed E-state index contributed by atoms with van der Waals surface area (Å²) < 4.78 is 4.97. The Morgan fingerprint density at radius 3 is 2.46 bits per heavy atom. The minimum Gasteiger partial charge on any atom is -0.457 e. The molecule has 0 fully saturated rings. The van der Waals surface area contributed by atoms with Gasteiger partial charge in [-0.1, -0.05) is 42.0 Å². The third kappa shape index (κ3) is 5.70. The van der Waals surface area contributed by atoms with E-state index in [0.29, 0.717) is 11.3 Å². The molecule has 26 heavy (non-hydrogen) atoms. The molecule has 0 saturated carbocycles. The zero-order valence-electron chi connectivity index (χ0n) is 14.6. The number of hydrogen-bond donors (Lipinski definition) is 0. The average Bonchev–Trinajstić information content (AvgIpc) is 2.61. The van der Waals surface area contributed by atoms with Crippen LogP contribution in [0.25, 0.3) is 0 Å². The molecule has 0 heterocycles. The molecular formula is C19H19NO5S. The molecule has 0 aliphatic heterocycles. The summed E-state index contributed by atoms with van der Waals surface area (Å²) in [7, 11) is 0. The van der Waals surface area contributed by atoms with E-state index in [0.717, 1.165) is 5.56 Å². The minimum absolute atomic E-state index is 0.129. The van der Waals surface area contributed by atoms with Crippen LogP contribution >= 0.6 is 11.8 Å². The highest BCUT2D eigenvalue weighted by Gasteiger charge is 2.16. The Bertz CT molecular complexity index is 817. The minimum atomic E-state index is -0.542. The van der Waals surface area contributed by atoms with Gasteiger partial charge in [0.1, 0.15) is 0 Å². The monoisotopic (exact) mass is 373 g/mol. The van der Waals surface area contributed by atoms with Gasteiger partial charge in [-0.25, -0.2) is 0 Å². The van der Waals surface area contributed by atoms with Gasteiger partial charge in [-0.3, -0.25) is 19.7 Å². The molecule has 0 aliphatic rings. The fourth-order valence-corrected chi connectivity index (χ4v) is 2.97. The van der Waals surface area contributed by atoms with Gasteiger partial charge in [0.15, 0.2) is 6.61 Å². The number of benzene rings is 2. The summed E-state index contributed by atoms with van der Waals surface area (Å²) in [5.41, 5.74) is 2.78. The second-order valence-electron chi connectivity index (χ2n) is 5.82. The van der Waals surface area contributed by atoms with Crippen molar-refractivity contribution < 1.29 is 19.2 Å². The summed E-state index contributed by atoms with van der Waals surface area (Å²) in [6, 6.07) is 12.2. The molecule has 136 valence electrons. The fourth-order valence-electron chi connectivity index (χ4n) is 2.19. The number of aryl methyl sites for hydroxylation is 2. The number of nitro groups is 1. The van der Waals surface area contributed by atoms with E-state index in [4.69, 9.17) is 4.74 Å². The third-order valence-corrected chi connectivity index (χ3v) is 4.68. The van der Waals surface area contributed by atoms with Crippen molar-refractivity contribution in [3.63, 3.8) is 0 Å². The molecule has 0 atom stereocenters. The van der Waals surface area contributed by atoms with Gasteiger partial charge in [0.05, 0.1) is 10.7 Å². The van der Waals surface area contributed by atoms with Crippen LogP contribution in [0.4, 0.5) is 5.69 Å². The molecule has 2 aromatic carbocycles. The lowest BCUT2D eigenvalue weighted by Crippen LogP contribution is -2.15. The number of nitro benzene ring substituents is 1. The van der Waals surface area contributed by atoms with Crippen molar-refractivity contribution in [1.29, 1.82) is 0 Å². The Morgan fingerprint density at radius 1 is 1.12 bits per heavy atom.